The summed E-state index contributed by atoms with van der Waals surface area (Å²) in [5, 5.41) is 12.7. The number of nitrogens with zero attached hydrogens (tertiary/aromatic N) is 4. The van der Waals surface area contributed by atoms with E-state index in [1.807, 2.05) is 43.1 Å². The minimum atomic E-state index is -0.546. The minimum absolute atomic E-state index is 0.0101. The number of hydrogen-bond acceptors (Lipinski definition) is 7. The summed E-state index contributed by atoms with van der Waals surface area (Å²) in [5.74, 6) is -0.587. The molecule has 1 fully saturated rings. The Labute approximate surface area is 227 Å². The molecule has 2 amide bonds. The number of nitro groups is 1. The molecule has 4 rings (SSSR count). The van der Waals surface area contributed by atoms with Gasteiger partial charge >= 0.3 is 5.69 Å². The van der Waals surface area contributed by atoms with Crippen molar-refractivity contribution in [1.82, 2.24) is 14.9 Å². The van der Waals surface area contributed by atoms with Crippen molar-refractivity contribution in [1.29, 1.82) is 0 Å². The average Bonchev–Trinajstić information content (AvgIpc) is 2.95. The molecular weight excluding hydrogens is 500 g/mol. The quantitative estimate of drug-likeness (QED) is 0.317. The first kappa shape index (κ1) is 27.7. The van der Waals surface area contributed by atoms with E-state index in [-0.39, 0.29) is 29.5 Å². The van der Waals surface area contributed by atoms with Gasteiger partial charge in [0.1, 0.15) is 6.61 Å². The number of amides is 2. The van der Waals surface area contributed by atoms with E-state index in [0.29, 0.717) is 35.3 Å². The zero-order valence-electron chi connectivity index (χ0n) is 22.5. The van der Waals surface area contributed by atoms with Crippen molar-refractivity contribution >= 4 is 17.5 Å². The molecule has 0 spiro atoms. The zero-order chi connectivity index (χ0) is 28.1. The number of benzene rings is 3. The molecule has 0 atom stereocenters. The fraction of sp³-hybridized carbons (Fsp3) is 0.310. The van der Waals surface area contributed by atoms with Crippen LogP contribution in [0.15, 0.2) is 60.7 Å². The summed E-state index contributed by atoms with van der Waals surface area (Å²) in [7, 11) is 4.84. The topological polar surface area (TPSA) is 105 Å². The van der Waals surface area contributed by atoms with Crippen LogP contribution in [-0.4, -0.2) is 79.0 Å². The van der Waals surface area contributed by atoms with Crippen LogP contribution in [0.25, 0.3) is 11.1 Å². The molecule has 10 heteroatoms. The van der Waals surface area contributed by atoms with Gasteiger partial charge in [-0.05, 0) is 37.2 Å². The first-order valence-electron chi connectivity index (χ1n) is 12.6. The maximum Gasteiger partial charge on any atom is 0.311 e. The van der Waals surface area contributed by atoms with Crippen LogP contribution in [0.1, 0.15) is 31.8 Å². The molecule has 39 heavy (non-hydrogen) atoms. The Morgan fingerprint density at radius 2 is 1.69 bits per heavy atom. The molecule has 1 aliphatic heterocycles. The molecule has 1 saturated heterocycles. The molecule has 0 aliphatic carbocycles. The average molecular weight is 533 g/mol. The number of aryl methyl sites for hydroxylation is 1. The number of carbonyl (C=O) groups is 2. The highest BCUT2D eigenvalue weighted by Crippen LogP contribution is 2.40. The second-order valence-corrected chi connectivity index (χ2v) is 9.50. The standard InChI is InChI=1S/C29H32N4O6/c1-20-10-11-22(24(18-20)29(35)32-16-14-30(2)15-17-32)19-39-31(3)28(34)23-12-13-25(33(36)37)27(38-4)26(23)21-8-6-5-7-9-21/h5-13,18H,14-17,19H2,1-4H3. The summed E-state index contributed by atoms with van der Waals surface area (Å²) in [4.78, 5) is 47.9. The maximum atomic E-state index is 13.6. The molecule has 3 aromatic carbocycles. The summed E-state index contributed by atoms with van der Waals surface area (Å²) >= 11 is 0. The van der Waals surface area contributed by atoms with Gasteiger partial charge in [0.2, 0.25) is 5.75 Å². The molecule has 10 nitrogen and oxygen atoms in total. The van der Waals surface area contributed by atoms with Gasteiger partial charge in [0, 0.05) is 50.4 Å². The minimum Gasteiger partial charge on any atom is -0.490 e. The number of rotatable bonds is 8. The largest absolute Gasteiger partial charge is 0.490 e. The molecule has 1 aliphatic rings. The molecule has 0 bridgehead atoms. The Balaban J connectivity index is 1.60. The van der Waals surface area contributed by atoms with Gasteiger partial charge in [0.05, 0.1) is 17.6 Å². The summed E-state index contributed by atoms with van der Waals surface area (Å²) in [6, 6.07) is 17.1. The van der Waals surface area contributed by atoms with E-state index in [1.54, 1.807) is 24.3 Å². The number of ether oxygens (including phenoxy) is 1. The van der Waals surface area contributed by atoms with Gasteiger partial charge in [-0.3, -0.25) is 24.5 Å². The lowest BCUT2D eigenvalue weighted by molar-refractivity contribution is -0.385. The van der Waals surface area contributed by atoms with E-state index in [9.17, 15) is 19.7 Å². The number of hydroxylamine groups is 2. The molecule has 204 valence electrons. The highest BCUT2D eigenvalue weighted by molar-refractivity contribution is 6.03. The normalized spacial score (nSPS) is 13.7. The molecule has 0 aromatic heterocycles. The summed E-state index contributed by atoms with van der Waals surface area (Å²) < 4.78 is 5.41. The van der Waals surface area contributed by atoms with E-state index in [1.165, 1.54) is 26.3 Å². The number of methoxy groups -OCH3 is 1. The molecule has 0 N–H and O–H groups in total. The van der Waals surface area contributed by atoms with Crippen molar-refractivity contribution in [3.8, 4) is 16.9 Å². The SMILES string of the molecule is COc1c([N+](=O)[O-])ccc(C(=O)N(C)OCc2ccc(C)cc2C(=O)N2CCN(C)CC2)c1-c1ccccc1. The van der Waals surface area contributed by atoms with Crippen molar-refractivity contribution in [2.45, 2.75) is 13.5 Å². The van der Waals surface area contributed by atoms with Crippen LogP contribution < -0.4 is 4.74 Å². The monoisotopic (exact) mass is 532 g/mol. The van der Waals surface area contributed by atoms with Gasteiger partial charge in [0.15, 0.2) is 0 Å². The predicted octanol–water partition coefficient (Wildman–Crippen LogP) is 4.17. The van der Waals surface area contributed by atoms with Crippen molar-refractivity contribution in [2.75, 3.05) is 47.4 Å². The molecular formula is C29H32N4O6. The second-order valence-electron chi connectivity index (χ2n) is 9.50. The molecule has 1 heterocycles. The Kier molecular flexibility index (Phi) is 8.58. The lowest BCUT2D eigenvalue weighted by Crippen LogP contribution is -2.47. The van der Waals surface area contributed by atoms with E-state index in [0.717, 1.165) is 23.7 Å². The molecule has 0 saturated carbocycles. The fourth-order valence-electron chi connectivity index (χ4n) is 4.58. The van der Waals surface area contributed by atoms with Gasteiger partial charge in [0.25, 0.3) is 11.8 Å². The van der Waals surface area contributed by atoms with Crippen LogP contribution >= 0.6 is 0 Å². The van der Waals surface area contributed by atoms with Gasteiger partial charge in [-0.1, -0.05) is 48.0 Å². The number of carbonyl (C=O) groups excluding carboxylic acids is 2. The third-order valence-corrected chi connectivity index (χ3v) is 6.82. The van der Waals surface area contributed by atoms with Crippen LogP contribution in [0.5, 0.6) is 5.75 Å². The van der Waals surface area contributed by atoms with Crippen molar-refractivity contribution in [2.24, 2.45) is 0 Å². The van der Waals surface area contributed by atoms with Crippen LogP contribution in [0, 0.1) is 17.0 Å². The number of hydrogen-bond donors (Lipinski definition) is 0. The third-order valence-electron chi connectivity index (χ3n) is 6.82. The smallest absolute Gasteiger partial charge is 0.311 e. The fourth-order valence-corrected chi connectivity index (χ4v) is 4.58. The number of likely N-dealkylation sites (N-methyl/N-ethyl adjacent to an activating group) is 1. The molecule has 0 unspecified atom stereocenters. The summed E-state index contributed by atoms with van der Waals surface area (Å²) in [5.41, 5.74) is 2.98. The zero-order valence-corrected chi connectivity index (χ0v) is 22.5. The van der Waals surface area contributed by atoms with Crippen molar-refractivity contribution < 1.29 is 24.1 Å². The van der Waals surface area contributed by atoms with Crippen LogP contribution in [-0.2, 0) is 11.4 Å². The van der Waals surface area contributed by atoms with Crippen molar-refractivity contribution in [3.05, 3.63) is 93.0 Å². The van der Waals surface area contributed by atoms with Gasteiger partial charge in [-0.2, -0.15) is 0 Å². The van der Waals surface area contributed by atoms with Gasteiger partial charge in [-0.15, -0.1) is 0 Å². The van der Waals surface area contributed by atoms with Gasteiger partial charge in [-0.25, -0.2) is 5.06 Å². The first-order valence-corrected chi connectivity index (χ1v) is 12.6. The molecule has 3 aromatic rings. The van der Waals surface area contributed by atoms with E-state index in [2.05, 4.69) is 4.90 Å². The predicted molar refractivity (Wildman–Crippen MR) is 147 cm³/mol. The Bertz CT molecular complexity index is 1370. The van der Waals surface area contributed by atoms with Crippen molar-refractivity contribution in [3.63, 3.8) is 0 Å². The Morgan fingerprint density at radius 1 is 1.00 bits per heavy atom. The highest BCUT2D eigenvalue weighted by atomic mass is 16.7. The first-order chi connectivity index (χ1) is 18.7. The van der Waals surface area contributed by atoms with Crippen LogP contribution in [0.2, 0.25) is 0 Å². The van der Waals surface area contributed by atoms with E-state index in [4.69, 9.17) is 9.57 Å². The summed E-state index contributed by atoms with van der Waals surface area (Å²) in [6.45, 7) is 4.82. The highest BCUT2D eigenvalue weighted by Gasteiger charge is 2.28. The third kappa shape index (κ3) is 6.08. The van der Waals surface area contributed by atoms with Gasteiger partial charge < -0.3 is 14.5 Å². The number of piperazine rings is 1. The lowest BCUT2D eigenvalue weighted by atomic mass is 9.97. The van der Waals surface area contributed by atoms with E-state index >= 15 is 0 Å². The van der Waals surface area contributed by atoms with Crippen LogP contribution in [0.3, 0.4) is 0 Å². The van der Waals surface area contributed by atoms with Crippen LogP contribution in [0.4, 0.5) is 5.69 Å². The molecule has 0 radical (unpaired) electrons. The maximum absolute atomic E-state index is 13.6. The van der Waals surface area contributed by atoms with E-state index < -0.39 is 10.8 Å². The lowest BCUT2D eigenvalue weighted by Gasteiger charge is -2.33. The Hall–Kier alpha value is -4.28. The Morgan fingerprint density at radius 3 is 2.33 bits per heavy atom. The second kappa shape index (κ2) is 12.1. The summed E-state index contributed by atoms with van der Waals surface area (Å²) in [6.07, 6.45) is 0. The number of nitro benzene ring substituents is 1.